The molecule has 0 spiro atoms. The highest BCUT2D eigenvalue weighted by molar-refractivity contribution is 5.95. The van der Waals surface area contributed by atoms with Crippen LogP contribution in [0.1, 0.15) is 33.8 Å². The van der Waals surface area contributed by atoms with Crippen LogP contribution in [0.15, 0.2) is 42.5 Å². The fourth-order valence-corrected chi connectivity index (χ4v) is 3.74. The predicted octanol–water partition coefficient (Wildman–Crippen LogP) is 2.02. The summed E-state index contributed by atoms with van der Waals surface area (Å²) >= 11 is 0. The molecule has 3 rings (SSSR count). The van der Waals surface area contributed by atoms with E-state index in [1.54, 1.807) is 18.2 Å². The summed E-state index contributed by atoms with van der Waals surface area (Å²) in [7, 11) is 3.03. The summed E-state index contributed by atoms with van der Waals surface area (Å²) in [4.78, 5) is 12.8. The molecule has 3 N–H and O–H groups in total. The van der Waals surface area contributed by atoms with Crippen molar-refractivity contribution in [2.45, 2.75) is 37.5 Å². The summed E-state index contributed by atoms with van der Waals surface area (Å²) in [5.41, 5.74) is 2.48. The Hall–Kier alpha value is -2.57. The van der Waals surface area contributed by atoms with Gasteiger partial charge in [-0.15, -0.1) is 0 Å². The smallest absolute Gasteiger partial charge is 0.251 e. The number of aliphatic hydroxyl groups excluding tert-OH is 2. The number of ether oxygens (including phenoxy) is 2. The number of nitrogens with one attached hydrogen (secondary N) is 1. The molecule has 0 unspecified atom stereocenters. The van der Waals surface area contributed by atoms with Crippen LogP contribution in [-0.4, -0.2) is 48.6 Å². The van der Waals surface area contributed by atoms with Crippen molar-refractivity contribution in [3.05, 3.63) is 59.2 Å². The molecule has 0 heterocycles. The highest BCUT2D eigenvalue weighted by Gasteiger charge is 2.43. The van der Waals surface area contributed by atoms with E-state index < -0.39 is 18.2 Å². The molecule has 0 aliphatic heterocycles. The van der Waals surface area contributed by atoms with Crippen molar-refractivity contribution in [3.63, 3.8) is 0 Å². The highest BCUT2D eigenvalue weighted by atomic mass is 16.5. The minimum Gasteiger partial charge on any atom is -0.493 e. The van der Waals surface area contributed by atoms with Crippen LogP contribution in [0, 0.1) is 6.92 Å². The Balaban J connectivity index is 1.86. The third-order valence-corrected chi connectivity index (χ3v) is 5.22. The van der Waals surface area contributed by atoms with Crippen LogP contribution in [0.3, 0.4) is 0 Å². The van der Waals surface area contributed by atoms with Crippen molar-refractivity contribution >= 4 is 5.91 Å². The van der Waals surface area contributed by atoms with Gasteiger partial charge in [0.15, 0.2) is 11.5 Å². The van der Waals surface area contributed by atoms with Crippen molar-refractivity contribution in [2.75, 3.05) is 14.2 Å². The van der Waals surface area contributed by atoms with E-state index in [1.807, 2.05) is 31.2 Å². The van der Waals surface area contributed by atoms with Crippen LogP contribution in [0.5, 0.6) is 11.5 Å². The van der Waals surface area contributed by atoms with Crippen molar-refractivity contribution in [1.82, 2.24) is 5.32 Å². The molecule has 1 aliphatic carbocycles. The first-order chi connectivity index (χ1) is 13.0. The van der Waals surface area contributed by atoms with E-state index in [0.717, 1.165) is 11.1 Å². The van der Waals surface area contributed by atoms with Gasteiger partial charge in [-0.1, -0.05) is 24.3 Å². The number of amides is 1. The molecule has 1 saturated carbocycles. The Morgan fingerprint density at radius 3 is 2.44 bits per heavy atom. The van der Waals surface area contributed by atoms with E-state index in [2.05, 4.69) is 5.32 Å². The number of rotatable bonds is 5. The third kappa shape index (κ3) is 3.77. The van der Waals surface area contributed by atoms with Gasteiger partial charge >= 0.3 is 0 Å². The van der Waals surface area contributed by atoms with Crippen molar-refractivity contribution in [3.8, 4) is 11.5 Å². The van der Waals surface area contributed by atoms with Crippen LogP contribution in [-0.2, 0) is 0 Å². The fourth-order valence-electron chi connectivity index (χ4n) is 3.74. The van der Waals surface area contributed by atoms with Crippen LogP contribution in [0.2, 0.25) is 0 Å². The van der Waals surface area contributed by atoms with Gasteiger partial charge in [-0.05, 0) is 42.7 Å². The summed E-state index contributed by atoms with van der Waals surface area (Å²) in [6.45, 7) is 1.99. The molecule has 1 fully saturated rings. The monoisotopic (exact) mass is 371 g/mol. The molecule has 1 amide bonds. The number of methoxy groups -OCH3 is 2. The summed E-state index contributed by atoms with van der Waals surface area (Å²) < 4.78 is 10.4. The fraction of sp³-hybridized carbons (Fsp3) is 0.381. The zero-order valence-electron chi connectivity index (χ0n) is 15.7. The molecule has 27 heavy (non-hydrogen) atoms. The van der Waals surface area contributed by atoms with E-state index in [4.69, 9.17) is 9.47 Å². The predicted molar refractivity (Wildman–Crippen MR) is 101 cm³/mol. The van der Waals surface area contributed by atoms with Gasteiger partial charge in [0.1, 0.15) is 6.10 Å². The number of aliphatic hydroxyl groups is 2. The second kappa shape index (κ2) is 7.98. The molecule has 2 aromatic carbocycles. The minimum atomic E-state index is -1.03. The first-order valence-electron chi connectivity index (χ1n) is 8.90. The summed E-state index contributed by atoms with van der Waals surface area (Å²) in [5, 5.41) is 23.5. The van der Waals surface area contributed by atoms with E-state index in [-0.39, 0.29) is 11.8 Å². The van der Waals surface area contributed by atoms with Crippen LogP contribution < -0.4 is 14.8 Å². The van der Waals surface area contributed by atoms with Gasteiger partial charge in [0, 0.05) is 11.5 Å². The molecule has 2 aromatic rings. The van der Waals surface area contributed by atoms with Gasteiger partial charge in [-0.2, -0.15) is 0 Å². The van der Waals surface area contributed by atoms with Gasteiger partial charge in [-0.3, -0.25) is 4.79 Å². The summed E-state index contributed by atoms with van der Waals surface area (Å²) in [6.07, 6.45) is -1.52. The molecule has 144 valence electrons. The molecule has 0 saturated heterocycles. The quantitative estimate of drug-likeness (QED) is 0.748. The molecular weight excluding hydrogens is 346 g/mol. The third-order valence-electron chi connectivity index (χ3n) is 5.22. The lowest BCUT2D eigenvalue weighted by atomic mass is 9.90. The molecule has 0 radical (unpaired) electrons. The normalized spacial score (nSPS) is 24.5. The molecule has 6 nitrogen and oxygen atoms in total. The standard InChI is InChI=1S/C21H25NO5/c1-12-6-4-5-7-14(12)15-11-16(23)20(24)19(15)22-21(25)13-8-9-17(26-2)18(10-13)27-3/h4-10,15-16,19-20,23-24H,11H2,1-3H3,(H,22,25)/t15-,16-,19-,20-/m1/s1. The van der Waals surface area contributed by atoms with E-state index in [1.165, 1.54) is 14.2 Å². The van der Waals surface area contributed by atoms with E-state index >= 15 is 0 Å². The van der Waals surface area contributed by atoms with E-state index in [0.29, 0.717) is 23.5 Å². The topological polar surface area (TPSA) is 88.0 Å². The average Bonchev–Trinajstić information content (AvgIpc) is 2.95. The number of hydrogen-bond acceptors (Lipinski definition) is 5. The zero-order valence-corrected chi connectivity index (χ0v) is 15.7. The van der Waals surface area contributed by atoms with Crippen molar-refractivity contribution < 1.29 is 24.5 Å². The Bertz CT molecular complexity index is 822. The number of carbonyl (C=O) groups excluding carboxylic acids is 1. The number of carbonyl (C=O) groups is 1. The lowest BCUT2D eigenvalue weighted by Crippen LogP contribution is -2.45. The maximum atomic E-state index is 12.8. The second-order valence-electron chi connectivity index (χ2n) is 6.83. The SMILES string of the molecule is COc1ccc(C(=O)N[C@H]2[C@H](O)[C@H](O)C[C@@H]2c2ccccc2C)cc1OC. The van der Waals surface area contributed by atoms with Crippen molar-refractivity contribution in [2.24, 2.45) is 0 Å². The lowest BCUT2D eigenvalue weighted by molar-refractivity contribution is 0.0294. The zero-order chi connectivity index (χ0) is 19.6. The second-order valence-corrected chi connectivity index (χ2v) is 6.83. The van der Waals surface area contributed by atoms with E-state index in [9.17, 15) is 15.0 Å². The average molecular weight is 371 g/mol. The molecular formula is C21H25NO5. The Morgan fingerprint density at radius 2 is 1.78 bits per heavy atom. The highest BCUT2D eigenvalue weighted by Crippen LogP contribution is 2.37. The molecule has 0 aromatic heterocycles. The Kier molecular flexibility index (Phi) is 5.68. The Labute approximate surface area is 158 Å². The first kappa shape index (κ1) is 19.2. The molecule has 6 heteroatoms. The summed E-state index contributed by atoms with van der Waals surface area (Å²) in [6, 6.07) is 12.1. The van der Waals surface area contributed by atoms with Crippen LogP contribution in [0.4, 0.5) is 0 Å². The summed E-state index contributed by atoms with van der Waals surface area (Å²) in [5.74, 6) is 0.476. The van der Waals surface area contributed by atoms with Crippen molar-refractivity contribution in [1.29, 1.82) is 0 Å². The number of hydrogen-bond donors (Lipinski definition) is 3. The Morgan fingerprint density at radius 1 is 1.07 bits per heavy atom. The minimum absolute atomic E-state index is 0.166. The lowest BCUT2D eigenvalue weighted by Gasteiger charge is -2.25. The van der Waals surface area contributed by atoms with Gasteiger partial charge in [0.25, 0.3) is 5.91 Å². The number of aryl methyl sites for hydroxylation is 1. The van der Waals surface area contributed by atoms with Gasteiger partial charge in [-0.25, -0.2) is 0 Å². The largest absolute Gasteiger partial charge is 0.493 e. The molecule has 4 atom stereocenters. The maximum Gasteiger partial charge on any atom is 0.251 e. The molecule has 0 bridgehead atoms. The van der Waals surface area contributed by atoms with Crippen LogP contribution >= 0.6 is 0 Å². The first-order valence-corrected chi connectivity index (χ1v) is 8.90. The van der Waals surface area contributed by atoms with Crippen LogP contribution in [0.25, 0.3) is 0 Å². The maximum absolute atomic E-state index is 12.8. The van der Waals surface area contributed by atoms with Gasteiger partial charge in [0.05, 0.1) is 26.4 Å². The van der Waals surface area contributed by atoms with Gasteiger partial charge < -0.3 is 25.0 Å². The number of benzene rings is 2. The van der Waals surface area contributed by atoms with Gasteiger partial charge in [0.2, 0.25) is 0 Å². The molecule has 1 aliphatic rings.